The van der Waals surface area contributed by atoms with Crippen molar-refractivity contribution in [3.05, 3.63) is 53.2 Å². The maximum Gasteiger partial charge on any atom is 0.251 e. The van der Waals surface area contributed by atoms with E-state index >= 15 is 0 Å². The number of anilines is 1. The van der Waals surface area contributed by atoms with E-state index in [1.165, 1.54) is 11.3 Å². The van der Waals surface area contributed by atoms with Crippen LogP contribution in [0, 0.1) is 0 Å². The summed E-state index contributed by atoms with van der Waals surface area (Å²) in [4.78, 5) is 15.7. The van der Waals surface area contributed by atoms with Gasteiger partial charge in [-0.3, -0.25) is 9.78 Å². The molecule has 1 aromatic heterocycles. The summed E-state index contributed by atoms with van der Waals surface area (Å²) >= 11 is 1.40. The van der Waals surface area contributed by atoms with Crippen LogP contribution in [0.4, 0.5) is 5.00 Å². The van der Waals surface area contributed by atoms with Gasteiger partial charge in [0.2, 0.25) is 0 Å². The summed E-state index contributed by atoms with van der Waals surface area (Å²) in [5, 5.41) is 3.55. The largest absolute Gasteiger partial charge is 0.313 e. The molecule has 0 aliphatic rings. The molecule has 1 heterocycles. The number of benzene rings is 1. The van der Waals surface area contributed by atoms with Gasteiger partial charge in [0.25, 0.3) is 5.91 Å². The molecule has 0 unspecified atom stereocenters. The van der Waals surface area contributed by atoms with Crippen molar-refractivity contribution in [1.82, 2.24) is 4.98 Å². The van der Waals surface area contributed by atoms with E-state index in [0.29, 0.717) is 5.57 Å². The number of aromatic nitrogens is 1. The second-order valence-corrected chi connectivity index (χ2v) is 4.44. The van der Waals surface area contributed by atoms with Crippen molar-refractivity contribution in [1.29, 1.82) is 0 Å². The molecule has 2 aromatic rings. The van der Waals surface area contributed by atoms with Crippen LogP contribution in [-0.4, -0.2) is 10.9 Å². The second kappa shape index (κ2) is 5.41. The van der Waals surface area contributed by atoms with Crippen molar-refractivity contribution >= 4 is 28.3 Å². The molecule has 2 rings (SSSR count). The van der Waals surface area contributed by atoms with Gasteiger partial charge in [-0.2, -0.15) is 0 Å². The number of thiazole rings is 1. The second-order valence-electron chi connectivity index (χ2n) is 3.56. The van der Waals surface area contributed by atoms with Crippen LogP contribution < -0.4 is 5.32 Å². The Morgan fingerprint density at radius 2 is 2.12 bits per heavy atom. The molecule has 0 bridgehead atoms. The molecule has 0 saturated heterocycles. The topological polar surface area (TPSA) is 42.0 Å². The molecule has 0 spiro atoms. The van der Waals surface area contributed by atoms with Gasteiger partial charge in [0.15, 0.2) is 0 Å². The summed E-state index contributed by atoms with van der Waals surface area (Å²) in [5.74, 6) is -0.0990. The van der Waals surface area contributed by atoms with E-state index in [1.54, 1.807) is 18.6 Å². The Kier molecular flexibility index (Phi) is 3.67. The summed E-state index contributed by atoms with van der Waals surface area (Å²) in [6, 6.07) is 9.76. The number of hydrogen-bond donors (Lipinski definition) is 1. The van der Waals surface area contributed by atoms with Gasteiger partial charge in [-0.05, 0) is 18.6 Å². The minimum Gasteiger partial charge on any atom is -0.313 e. The number of rotatable bonds is 3. The molecule has 0 aliphatic carbocycles. The normalized spacial score (nSPS) is 11.2. The Hall–Kier alpha value is -1.94. The molecule has 86 valence electrons. The minimum absolute atomic E-state index is 0.0990. The van der Waals surface area contributed by atoms with Crippen LogP contribution in [0.1, 0.15) is 12.5 Å². The van der Waals surface area contributed by atoms with Crippen molar-refractivity contribution < 1.29 is 4.79 Å². The molecule has 1 aromatic carbocycles. The summed E-state index contributed by atoms with van der Waals surface area (Å²) in [7, 11) is 0. The molecule has 0 aliphatic heterocycles. The number of hydrogen-bond acceptors (Lipinski definition) is 3. The SMILES string of the molecule is CC(=Cc1ccccc1)C(=O)Nc1cncs1. The zero-order chi connectivity index (χ0) is 12.1. The number of nitrogens with one attached hydrogen (secondary N) is 1. The van der Waals surface area contributed by atoms with Gasteiger partial charge in [-0.25, -0.2) is 0 Å². The average Bonchev–Trinajstić information content (AvgIpc) is 2.83. The maximum absolute atomic E-state index is 11.8. The Bertz CT molecular complexity index is 518. The molecular weight excluding hydrogens is 232 g/mol. The molecule has 17 heavy (non-hydrogen) atoms. The third-order valence-corrected chi connectivity index (χ3v) is 2.90. The molecule has 3 nitrogen and oxygen atoms in total. The number of nitrogens with zero attached hydrogens (tertiary/aromatic N) is 1. The van der Waals surface area contributed by atoms with Crippen LogP contribution in [0.3, 0.4) is 0 Å². The molecule has 0 saturated carbocycles. The van der Waals surface area contributed by atoms with Crippen molar-refractivity contribution in [2.45, 2.75) is 6.92 Å². The highest BCUT2D eigenvalue weighted by atomic mass is 32.1. The van der Waals surface area contributed by atoms with Crippen LogP contribution in [0.2, 0.25) is 0 Å². The lowest BCUT2D eigenvalue weighted by molar-refractivity contribution is -0.112. The summed E-state index contributed by atoms with van der Waals surface area (Å²) in [6.07, 6.45) is 3.49. The summed E-state index contributed by atoms with van der Waals surface area (Å²) < 4.78 is 0. The molecule has 1 N–H and O–H groups in total. The first-order chi connectivity index (χ1) is 8.25. The van der Waals surface area contributed by atoms with Crippen LogP contribution >= 0.6 is 11.3 Å². The quantitative estimate of drug-likeness (QED) is 0.842. The van der Waals surface area contributed by atoms with Crippen molar-refractivity contribution in [3.8, 4) is 0 Å². The van der Waals surface area contributed by atoms with E-state index in [2.05, 4.69) is 10.3 Å². The highest BCUT2D eigenvalue weighted by Crippen LogP contribution is 2.14. The molecular formula is C13H12N2OS. The highest BCUT2D eigenvalue weighted by molar-refractivity contribution is 7.14. The molecule has 0 fully saturated rings. The lowest BCUT2D eigenvalue weighted by Crippen LogP contribution is -2.11. The van der Waals surface area contributed by atoms with E-state index in [0.717, 1.165) is 10.6 Å². The van der Waals surface area contributed by atoms with E-state index in [9.17, 15) is 4.79 Å². The van der Waals surface area contributed by atoms with Crippen molar-refractivity contribution in [3.63, 3.8) is 0 Å². The third kappa shape index (κ3) is 3.26. The van der Waals surface area contributed by atoms with Gasteiger partial charge in [0.1, 0.15) is 5.00 Å². The fourth-order valence-corrected chi connectivity index (χ4v) is 1.86. The van der Waals surface area contributed by atoms with Gasteiger partial charge in [0.05, 0.1) is 11.7 Å². The zero-order valence-electron chi connectivity index (χ0n) is 9.38. The Balaban J connectivity index is 2.07. The Morgan fingerprint density at radius 1 is 1.35 bits per heavy atom. The van der Waals surface area contributed by atoms with Gasteiger partial charge in [-0.15, -0.1) is 11.3 Å². The van der Waals surface area contributed by atoms with E-state index in [4.69, 9.17) is 0 Å². The first-order valence-electron chi connectivity index (χ1n) is 5.19. The predicted octanol–water partition coefficient (Wildman–Crippen LogP) is 3.19. The fourth-order valence-electron chi connectivity index (χ4n) is 1.35. The summed E-state index contributed by atoms with van der Waals surface area (Å²) in [6.45, 7) is 1.80. The number of carbonyl (C=O) groups is 1. The van der Waals surface area contributed by atoms with Gasteiger partial charge >= 0.3 is 0 Å². The standard InChI is InChI=1S/C13H12N2OS/c1-10(7-11-5-3-2-4-6-11)13(16)15-12-8-14-9-17-12/h2-9H,1H3,(H,15,16). The predicted molar refractivity (Wildman–Crippen MR) is 70.8 cm³/mol. The first kappa shape index (κ1) is 11.5. The molecule has 4 heteroatoms. The van der Waals surface area contributed by atoms with E-state index < -0.39 is 0 Å². The highest BCUT2D eigenvalue weighted by Gasteiger charge is 2.05. The van der Waals surface area contributed by atoms with Gasteiger partial charge in [0, 0.05) is 5.57 Å². The molecule has 0 radical (unpaired) electrons. The lowest BCUT2D eigenvalue weighted by atomic mass is 10.1. The van der Waals surface area contributed by atoms with Crippen LogP contribution in [-0.2, 0) is 4.79 Å². The molecule has 0 atom stereocenters. The van der Waals surface area contributed by atoms with Crippen molar-refractivity contribution in [2.75, 3.05) is 5.32 Å². The van der Waals surface area contributed by atoms with E-state index in [-0.39, 0.29) is 5.91 Å². The zero-order valence-corrected chi connectivity index (χ0v) is 10.2. The first-order valence-corrected chi connectivity index (χ1v) is 6.07. The van der Waals surface area contributed by atoms with Crippen LogP contribution in [0.5, 0.6) is 0 Å². The summed E-state index contributed by atoms with van der Waals surface area (Å²) in [5.41, 5.74) is 3.38. The molecule has 1 amide bonds. The smallest absolute Gasteiger partial charge is 0.251 e. The lowest BCUT2D eigenvalue weighted by Gasteiger charge is -2.02. The fraction of sp³-hybridized carbons (Fsp3) is 0.0769. The minimum atomic E-state index is -0.0990. The number of amides is 1. The van der Waals surface area contributed by atoms with E-state index in [1.807, 2.05) is 36.4 Å². The Labute approximate surface area is 104 Å². The maximum atomic E-state index is 11.8. The van der Waals surface area contributed by atoms with Crippen LogP contribution in [0.15, 0.2) is 47.6 Å². The number of carbonyl (C=O) groups excluding carboxylic acids is 1. The van der Waals surface area contributed by atoms with Gasteiger partial charge in [-0.1, -0.05) is 30.3 Å². The van der Waals surface area contributed by atoms with Crippen LogP contribution in [0.25, 0.3) is 6.08 Å². The van der Waals surface area contributed by atoms with Gasteiger partial charge < -0.3 is 5.32 Å². The van der Waals surface area contributed by atoms with Crippen molar-refractivity contribution in [2.24, 2.45) is 0 Å². The monoisotopic (exact) mass is 244 g/mol. The average molecular weight is 244 g/mol. The Morgan fingerprint density at radius 3 is 2.76 bits per heavy atom. The third-order valence-electron chi connectivity index (χ3n) is 2.21.